The number of hydrogen-bond donors (Lipinski definition) is 0. The van der Waals surface area contributed by atoms with Gasteiger partial charge in [0.25, 0.3) is 0 Å². The summed E-state index contributed by atoms with van der Waals surface area (Å²) in [7, 11) is 3.52. The Labute approximate surface area is 69.5 Å². The first-order valence-corrected chi connectivity index (χ1v) is 5.64. The van der Waals surface area contributed by atoms with Crippen LogP contribution in [0.1, 0.15) is 13.8 Å². The monoisotopic (exact) mass is 180 g/mol. The van der Waals surface area contributed by atoms with Gasteiger partial charge in [0.1, 0.15) is 6.61 Å². The van der Waals surface area contributed by atoms with Gasteiger partial charge in [0.05, 0.1) is 0 Å². The predicted molar refractivity (Wildman–Crippen MR) is 47.2 cm³/mol. The second-order valence-corrected chi connectivity index (χ2v) is 4.44. The molecule has 0 fully saturated rings. The van der Waals surface area contributed by atoms with Crippen molar-refractivity contribution in [1.82, 2.24) is 0 Å². The zero-order chi connectivity index (χ0) is 7.82. The second-order valence-electron chi connectivity index (χ2n) is 1.57. The summed E-state index contributed by atoms with van der Waals surface area (Å²) in [5.74, 6) is 1.80. The Bertz CT molecular complexity index is 95.7. The average molecular weight is 180 g/mol. The summed E-state index contributed by atoms with van der Waals surface area (Å²) >= 11 is 0. The fourth-order valence-electron chi connectivity index (χ4n) is 0.362. The van der Waals surface area contributed by atoms with Crippen LogP contribution in [0.5, 0.6) is 0 Å². The molecule has 0 aromatic heterocycles. The third kappa shape index (κ3) is 8.17. The first-order chi connectivity index (χ1) is 4.77. The quantitative estimate of drug-likeness (QED) is 0.367. The molecule has 0 aromatic carbocycles. The lowest BCUT2D eigenvalue weighted by Gasteiger charge is -1.98. The number of hydrogen-bond acceptors (Lipinski definition) is 4. The molecule has 4 heteroatoms. The Morgan fingerprint density at radius 3 is 2.70 bits per heavy atom. The van der Waals surface area contributed by atoms with E-state index in [0.29, 0.717) is 6.61 Å². The molecule has 0 bridgehead atoms. The molecule has 0 aliphatic rings. The van der Waals surface area contributed by atoms with E-state index in [0.717, 1.165) is 11.5 Å². The van der Waals surface area contributed by atoms with Gasteiger partial charge in [-0.05, 0) is 0 Å². The number of esters is 1. The first kappa shape index (κ1) is 10.2. The normalized spacial score (nSPS) is 9.40. The van der Waals surface area contributed by atoms with Crippen molar-refractivity contribution in [1.29, 1.82) is 0 Å². The van der Waals surface area contributed by atoms with Gasteiger partial charge in [-0.2, -0.15) is 0 Å². The predicted octanol–water partition coefficient (Wildman–Crippen LogP) is 1.95. The van der Waals surface area contributed by atoms with Crippen LogP contribution in [0.2, 0.25) is 0 Å². The highest BCUT2D eigenvalue weighted by Gasteiger charge is 1.91. The summed E-state index contributed by atoms with van der Waals surface area (Å²) in [6.07, 6.45) is 0. The molecule has 0 aliphatic carbocycles. The molecule has 60 valence electrons. The van der Waals surface area contributed by atoms with Crippen molar-refractivity contribution in [3.8, 4) is 0 Å². The van der Waals surface area contributed by atoms with Gasteiger partial charge in [0.2, 0.25) is 0 Å². The molecular formula is C6H12O2S2. The van der Waals surface area contributed by atoms with Gasteiger partial charge in [-0.1, -0.05) is 28.5 Å². The molecule has 0 saturated heterocycles. The number of ether oxygens (including phenoxy) is 1. The van der Waals surface area contributed by atoms with Crippen LogP contribution in [0.4, 0.5) is 0 Å². The van der Waals surface area contributed by atoms with E-state index in [1.165, 1.54) is 6.92 Å². The minimum absolute atomic E-state index is 0.193. The SMILES string of the molecule is CCSSCCOC(C)=O. The molecular weight excluding hydrogens is 168 g/mol. The van der Waals surface area contributed by atoms with Gasteiger partial charge in [0, 0.05) is 18.4 Å². The van der Waals surface area contributed by atoms with Gasteiger partial charge < -0.3 is 4.74 Å². The van der Waals surface area contributed by atoms with Gasteiger partial charge in [0.15, 0.2) is 0 Å². The van der Waals surface area contributed by atoms with Crippen LogP contribution in [-0.4, -0.2) is 24.1 Å². The Balaban J connectivity index is 2.84. The molecule has 0 aliphatic heterocycles. The Hall–Kier alpha value is 0.170. The Morgan fingerprint density at radius 1 is 1.50 bits per heavy atom. The number of rotatable bonds is 5. The summed E-state index contributed by atoms with van der Waals surface area (Å²) in [6, 6.07) is 0. The van der Waals surface area contributed by atoms with Gasteiger partial charge in [-0.3, -0.25) is 4.79 Å². The highest BCUT2D eigenvalue weighted by molar-refractivity contribution is 8.76. The van der Waals surface area contributed by atoms with E-state index in [1.54, 1.807) is 21.6 Å². The van der Waals surface area contributed by atoms with Crippen molar-refractivity contribution >= 4 is 27.6 Å². The van der Waals surface area contributed by atoms with Crippen molar-refractivity contribution in [3.63, 3.8) is 0 Å². The van der Waals surface area contributed by atoms with Crippen molar-refractivity contribution < 1.29 is 9.53 Å². The topological polar surface area (TPSA) is 26.3 Å². The Kier molecular flexibility index (Phi) is 7.40. The molecule has 0 unspecified atom stereocenters. The summed E-state index contributed by atoms with van der Waals surface area (Å²) in [5, 5.41) is 0. The van der Waals surface area contributed by atoms with Crippen LogP contribution in [0.15, 0.2) is 0 Å². The van der Waals surface area contributed by atoms with E-state index in [2.05, 4.69) is 6.92 Å². The van der Waals surface area contributed by atoms with E-state index in [1.807, 2.05) is 0 Å². The molecule has 0 heterocycles. The van der Waals surface area contributed by atoms with Gasteiger partial charge in [-0.25, -0.2) is 0 Å². The Morgan fingerprint density at radius 2 is 2.20 bits per heavy atom. The maximum absolute atomic E-state index is 10.2. The third-order valence-electron chi connectivity index (χ3n) is 0.673. The summed E-state index contributed by atoms with van der Waals surface area (Å²) < 4.78 is 4.72. The minimum atomic E-state index is -0.193. The lowest BCUT2D eigenvalue weighted by atomic mass is 10.8. The van der Waals surface area contributed by atoms with Crippen LogP contribution in [0, 0.1) is 0 Å². The lowest BCUT2D eigenvalue weighted by Crippen LogP contribution is -2.01. The fraction of sp³-hybridized carbons (Fsp3) is 0.833. The van der Waals surface area contributed by atoms with Crippen LogP contribution in [-0.2, 0) is 9.53 Å². The highest BCUT2D eigenvalue weighted by Crippen LogP contribution is 2.19. The van der Waals surface area contributed by atoms with E-state index >= 15 is 0 Å². The maximum Gasteiger partial charge on any atom is 0.302 e. The van der Waals surface area contributed by atoms with Gasteiger partial charge >= 0.3 is 5.97 Å². The first-order valence-electron chi connectivity index (χ1n) is 3.15. The largest absolute Gasteiger partial charge is 0.465 e. The second kappa shape index (κ2) is 7.28. The van der Waals surface area contributed by atoms with Crippen LogP contribution >= 0.6 is 21.6 Å². The van der Waals surface area contributed by atoms with E-state index < -0.39 is 0 Å². The molecule has 0 rings (SSSR count). The third-order valence-corrected chi connectivity index (χ3v) is 3.12. The summed E-state index contributed by atoms with van der Waals surface area (Å²) in [5.41, 5.74) is 0. The highest BCUT2D eigenvalue weighted by atomic mass is 33.1. The number of carbonyl (C=O) groups excluding carboxylic acids is 1. The van der Waals surface area contributed by atoms with Crippen LogP contribution in [0.25, 0.3) is 0 Å². The van der Waals surface area contributed by atoms with Crippen molar-refractivity contribution in [2.45, 2.75) is 13.8 Å². The standard InChI is InChI=1S/C6H12O2S2/c1-3-9-10-5-4-8-6(2)7/h3-5H2,1-2H3. The minimum Gasteiger partial charge on any atom is -0.465 e. The fourth-order valence-corrected chi connectivity index (χ4v) is 1.86. The molecule has 0 spiro atoms. The number of carbonyl (C=O) groups is 1. The van der Waals surface area contributed by atoms with Crippen molar-refractivity contribution in [2.75, 3.05) is 18.1 Å². The molecule has 2 nitrogen and oxygen atoms in total. The molecule has 0 N–H and O–H groups in total. The van der Waals surface area contributed by atoms with Crippen molar-refractivity contribution in [2.24, 2.45) is 0 Å². The molecule has 0 saturated carbocycles. The smallest absolute Gasteiger partial charge is 0.302 e. The van der Waals surface area contributed by atoms with E-state index in [4.69, 9.17) is 4.74 Å². The molecule has 0 atom stereocenters. The van der Waals surface area contributed by atoms with Crippen LogP contribution < -0.4 is 0 Å². The maximum atomic E-state index is 10.2. The zero-order valence-corrected chi connectivity index (χ0v) is 7.89. The molecule has 10 heavy (non-hydrogen) atoms. The van der Waals surface area contributed by atoms with Crippen molar-refractivity contribution in [3.05, 3.63) is 0 Å². The van der Waals surface area contributed by atoms with Gasteiger partial charge in [-0.15, -0.1) is 0 Å². The lowest BCUT2D eigenvalue weighted by molar-refractivity contribution is -0.140. The van der Waals surface area contributed by atoms with Crippen LogP contribution in [0.3, 0.4) is 0 Å². The zero-order valence-electron chi connectivity index (χ0n) is 6.25. The van der Waals surface area contributed by atoms with E-state index in [-0.39, 0.29) is 5.97 Å². The molecule has 0 amide bonds. The summed E-state index contributed by atoms with van der Waals surface area (Å²) in [4.78, 5) is 10.2. The molecule has 0 radical (unpaired) electrons. The van der Waals surface area contributed by atoms with E-state index in [9.17, 15) is 4.79 Å². The average Bonchev–Trinajstić information content (AvgIpc) is 1.87. The molecule has 0 aromatic rings. The summed E-state index contributed by atoms with van der Waals surface area (Å²) in [6.45, 7) is 4.06.